The van der Waals surface area contributed by atoms with Crippen LogP contribution in [-0.4, -0.2) is 20.3 Å². The van der Waals surface area contributed by atoms with Crippen molar-refractivity contribution in [3.8, 4) is 5.75 Å². The summed E-state index contributed by atoms with van der Waals surface area (Å²) in [6, 6.07) is 5.98. The number of hydrogen-bond acceptors (Lipinski definition) is 2. The third kappa shape index (κ3) is 3.83. The zero-order valence-electron chi connectivity index (χ0n) is 7.22. The predicted octanol–water partition coefficient (Wildman–Crippen LogP) is 3.08. The van der Waals surface area contributed by atoms with E-state index in [1.165, 1.54) is 0 Å². The van der Waals surface area contributed by atoms with Gasteiger partial charge in [-0.15, -0.1) is 0 Å². The minimum atomic E-state index is 0.579. The summed E-state index contributed by atoms with van der Waals surface area (Å²) in [7, 11) is 1.66. The van der Waals surface area contributed by atoms with Gasteiger partial charge in [-0.05, 0) is 56.7 Å². The van der Waals surface area contributed by atoms with E-state index in [9.17, 15) is 0 Å². The van der Waals surface area contributed by atoms with E-state index in [1.54, 1.807) is 7.11 Å². The summed E-state index contributed by atoms with van der Waals surface area (Å²) in [4.78, 5) is 0. The summed E-state index contributed by atoms with van der Waals surface area (Å²) >= 11 is 5.66. The minimum Gasteiger partial charge on any atom is -0.490 e. The first-order chi connectivity index (χ1) is 6.24. The van der Waals surface area contributed by atoms with Gasteiger partial charge < -0.3 is 9.47 Å². The summed E-state index contributed by atoms with van der Waals surface area (Å²) in [5.74, 6) is 0.865. The van der Waals surface area contributed by atoms with Crippen LogP contribution >= 0.6 is 38.5 Å². The van der Waals surface area contributed by atoms with Crippen LogP contribution in [-0.2, 0) is 4.74 Å². The van der Waals surface area contributed by atoms with Crippen molar-refractivity contribution in [2.45, 2.75) is 0 Å². The maximum atomic E-state index is 5.48. The highest BCUT2D eigenvalue weighted by Gasteiger charge is 2.00. The van der Waals surface area contributed by atoms with E-state index in [-0.39, 0.29) is 0 Å². The molecule has 0 bridgehead atoms. The number of hydrogen-bond donors (Lipinski definition) is 0. The lowest BCUT2D eigenvalue weighted by Gasteiger charge is -2.07. The smallest absolute Gasteiger partial charge is 0.134 e. The number of methoxy groups -OCH3 is 1. The number of rotatable bonds is 4. The van der Waals surface area contributed by atoms with Crippen molar-refractivity contribution < 1.29 is 9.47 Å². The lowest BCUT2D eigenvalue weighted by molar-refractivity contribution is 0.146. The van der Waals surface area contributed by atoms with Crippen LogP contribution in [0.3, 0.4) is 0 Å². The van der Waals surface area contributed by atoms with Crippen molar-refractivity contribution in [2.24, 2.45) is 0 Å². The second kappa shape index (κ2) is 5.82. The molecule has 0 amide bonds. The Kier molecular flexibility index (Phi) is 5.05. The van der Waals surface area contributed by atoms with Crippen LogP contribution < -0.4 is 4.74 Å². The SMILES string of the molecule is COCCOc1cc(I)ccc1Br. The van der Waals surface area contributed by atoms with E-state index < -0.39 is 0 Å². The van der Waals surface area contributed by atoms with E-state index >= 15 is 0 Å². The fourth-order valence-electron chi connectivity index (χ4n) is 0.823. The average Bonchev–Trinajstić information content (AvgIpc) is 2.11. The van der Waals surface area contributed by atoms with Crippen LogP contribution in [0.2, 0.25) is 0 Å². The number of ether oxygens (including phenoxy) is 2. The molecule has 0 aliphatic carbocycles. The summed E-state index contributed by atoms with van der Waals surface area (Å²) in [6.07, 6.45) is 0. The predicted molar refractivity (Wildman–Crippen MR) is 64.2 cm³/mol. The first-order valence-corrected chi connectivity index (χ1v) is 5.68. The molecule has 4 heteroatoms. The molecule has 0 aliphatic heterocycles. The Morgan fingerprint density at radius 1 is 1.38 bits per heavy atom. The van der Waals surface area contributed by atoms with Crippen LogP contribution in [0.1, 0.15) is 0 Å². The van der Waals surface area contributed by atoms with Gasteiger partial charge in [0.15, 0.2) is 0 Å². The van der Waals surface area contributed by atoms with Crippen LogP contribution in [0.15, 0.2) is 22.7 Å². The van der Waals surface area contributed by atoms with E-state index in [2.05, 4.69) is 38.5 Å². The summed E-state index contributed by atoms with van der Waals surface area (Å²) in [6.45, 7) is 1.19. The molecule has 0 N–H and O–H groups in total. The van der Waals surface area contributed by atoms with Crippen molar-refractivity contribution in [3.05, 3.63) is 26.2 Å². The third-order valence-electron chi connectivity index (χ3n) is 1.44. The van der Waals surface area contributed by atoms with Gasteiger partial charge in [-0.1, -0.05) is 0 Å². The van der Waals surface area contributed by atoms with Gasteiger partial charge in [0.25, 0.3) is 0 Å². The number of halogens is 2. The maximum Gasteiger partial charge on any atom is 0.134 e. The Labute approximate surface area is 99.9 Å². The zero-order chi connectivity index (χ0) is 9.68. The monoisotopic (exact) mass is 356 g/mol. The highest BCUT2D eigenvalue weighted by atomic mass is 127. The van der Waals surface area contributed by atoms with Crippen LogP contribution in [0.5, 0.6) is 5.75 Å². The number of benzene rings is 1. The molecule has 1 aromatic carbocycles. The van der Waals surface area contributed by atoms with Gasteiger partial charge in [-0.25, -0.2) is 0 Å². The molecular formula is C9H10BrIO2. The van der Waals surface area contributed by atoms with Crippen molar-refractivity contribution in [3.63, 3.8) is 0 Å². The molecule has 0 unspecified atom stereocenters. The Balaban J connectivity index is 2.59. The molecule has 0 aromatic heterocycles. The van der Waals surface area contributed by atoms with Crippen LogP contribution in [0, 0.1) is 3.57 Å². The van der Waals surface area contributed by atoms with Crippen LogP contribution in [0.4, 0.5) is 0 Å². The fraction of sp³-hybridized carbons (Fsp3) is 0.333. The Hall–Kier alpha value is 0.190. The van der Waals surface area contributed by atoms with E-state index in [0.29, 0.717) is 13.2 Å². The molecular weight excluding hydrogens is 347 g/mol. The molecule has 2 nitrogen and oxygen atoms in total. The lowest BCUT2D eigenvalue weighted by atomic mass is 10.3. The molecule has 13 heavy (non-hydrogen) atoms. The molecule has 0 aliphatic rings. The highest BCUT2D eigenvalue weighted by Crippen LogP contribution is 2.26. The molecule has 1 rings (SSSR count). The van der Waals surface area contributed by atoms with Crippen LogP contribution in [0.25, 0.3) is 0 Å². The molecule has 72 valence electrons. The highest BCUT2D eigenvalue weighted by molar-refractivity contribution is 14.1. The minimum absolute atomic E-state index is 0.579. The molecule has 1 aromatic rings. The van der Waals surface area contributed by atoms with Crippen molar-refractivity contribution in [1.82, 2.24) is 0 Å². The van der Waals surface area contributed by atoms with Crippen molar-refractivity contribution in [2.75, 3.05) is 20.3 Å². The van der Waals surface area contributed by atoms with E-state index in [4.69, 9.17) is 9.47 Å². The standard InChI is InChI=1S/C9H10BrIO2/c1-12-4-5-13-9-6-7(11)2-3-8(9)10/h2-3,6H,4-5H2,1H3. The molecule has 0 radical (unpaired) electrons. The van der Waals surface area contributed by atoms with E-state index in [0.717, 1.165) is 13.8 Å². The summed E-state index contributed by atoms with van der Waals surface area (Å²) < 4.78 is 12.5. The maximum absolute atomic E-state index is 5.48. The Bertz CT molecular complexity index is 278. The molecule has 0 spiro atoms. The molecule has 0 saturated heterocycles. The first-order valence-electron chi connectivity index (χ1n) is 3.81. The summed E-state index contributed by atoms with van der Waals surface area (Å²) in [5.41, 5.74) is 0. The quantitative estimate of drug-likeness (QED) is 0.609. The van der Waals surface area contributed by atoms with Crippen molar-refractivity contribution in [1.29, 1.82) is 0 Å². The van der Waals surface area contributed by atoms with Gasteiger partial charge in [-0.2, -0.15) is 0 Å². The Morgan fingerprint density at radius 2 is 2.15 bits per heavy atom. The zero-order valence-corrected chi connectivity index (χ0v) is 11.0. The van der Waals surface area contributed by atoms with Gasteiger partial charge in [0, 0.05) is 10.7 Å². The second-order valence-electron chi connectivity index (χ2n) is 2.42. The summed E-state index contributed by atoms with van der Waals surface area (Å²) in [5, 5.41) is 0. The molecule has 0 saturated carbocycles. The molecule has 0 fully saturated rings. The topological polar surface area (TPSA) is 18.5 Å². The van der Waals surface area contributed by atoms with Gasteiger partial charge in [0.05, 0.1) is 11.1 Å². The van der Waals surface area contributed by atoms with Gasteiger partial charge in [-0.3, -0.25) is 0 Å². The van der Waals surface area contributed by atoms with Gasteiger partial charge in [0.1, 0.15) is 12.4 Å². The van der Waals surface area contributed by atoms with Gasteiger partial charge in [0.2, 0.25) is 0 Å². The molecule has 0 atom stereocenters. The largest absolute Gasteiger partial charge is 0.490 e. The Morgan fingerprint density at radius 3 is 2.85 bits per heavy atom. The molecule has 0 heterocycles. The van der Waals surface area contributed by atoms with Crippen molar-refractivity contribution >= 4 is 38.5 Å². The third-order valence-corrected chi connectivity index (χ3v) is 2.76. The van der Waals surface area contributed by atoms with E-state index in [1.807, 2.05) is 18.2 Å². The fourth-order valence-corrected chi connectivity index (χ4v) is 1.65. The van der Waals surface area contributed by atoms with Gasteiger partial charge >= 0.3 is 0 Å². The first kappa shape index (κ1) is 11.3. The average molecular weight is 357 g/mol. The normalized spacial score (nSPS) is 10.1. The second-order valence-corrected chi connectivity index (χ2v) is 4.52. The lowest BCUT2D eigenvalue weighted by Crippen LogP contribution is -2.04.